The van der Waals surface area contributed by atoms with Crippen LogP contribution < -0.4 is 10.2 Å². The van der Waals surface area contributed by atoms with Crippen LogP contribution in [0.4, 0.5) is 11.8 Å². The summed E-state index contributed by atoms with van der Waals surface area (Å²) in [5.74, 6) is 1.76. The van der Waals surface area contributed by atoms with Crippen LogP contribution in [0.25, 0.3) is 0 Å². The number of ether oxygens (including phenoxy) is 1. The molecule has 0 spiro atoms. The van der Waals surface area contributed by atoms with E-state index in [1.54, 1.807) is 0 Å². The fourth-order valence-corrected chi connectivity index (χ4v) is 3.20. The van der Waals surface area contributed by atoms with Gasteiger partial charge >= 0.3 is 0 Å². The lowest BCUT2D eigenvalue weighted by Gasteiger charge is -2.44. The highest BCUT2D eigenvalue weighted by atomic mass is 16.5. The topological polar surface area (TPSA) is 50.3 Å². The zero-order chi connectivity index (χ0) is 13.2. The summed E-state index contributed by atoms with van der Waals surface area (Å²) in [7, 11) is 1.86. The minimum atomic E-state index is 0.384. The molecule has 1 aromatic rings. The number of aromatic nitrogens is 2. The minimum Gasteiger partial charge on any atom is -0.374 e. The van der Waals surface area contributed by atoms with Crippen LogP contribution in [0.15, 0.2) is 6.20 Å². The Morgan fingerprint density at radius 1 is 1.37 bits per heavy atom. The maximum Gasteiger partial charge on any atom is 0.224 e. The Morgan fingerprint density at radius 3 is 3.05 bits per heavy atom. The Balaban J connectivity index is 1.91. The van der Waals surface area contributed by atoms with E-state index >= 15 is 0 Å². The lowest BCUT2D eigenvalue weighted by molar-refractivity contribution is -0.00903. The fraction of sp³-hybridized carbons (Fsp3) is 0.714. The van der Waals surface area contributed by atoms with Gasteiger partial charge in [0.2, 0.25) is 5.95 Å². The normalized spacial score (nSPS) is 26.9. The van der Waals surface area contributed by atoms with E-state index in [1.807, 2.05) is 13.2 Å². The van der Waals surface area contributed by atoms with Crippen molar-refractivity contribution in [2.45, 2.75) is 44.8 Å². The van der Waals surface area contributed by atoms with Gasteiger partial charge in [-0.15, -0.1) is 0 Å². The second kappa shape index (κ2) is 5.33. The molecule has 5 heteroatoms. The lowest BCUT2D eigenvalue weighted by Crippen LogP contribution is -2.53. The predicted molar refractivity (Wildman–Crippen MR) is 75.7 cm³/mol. The van der Waals surface area contributed by atoms with Gasteiger partial charge in [0.15, 0.2) is 0 Å². The molecule has 1 saturated carbocycles. The van der Waals surface area contributed by atoms with Crippen LogP contribution in [0, 0.1) is 6.92 Å². The number of nitrogens with zero attached hydrogens (tertiary/aromatic N) is 3. The molecule has 0 bridgehead atoms. The zero-order valence-electron chi connectivity index (χ0n) is 11.7. The molecule has 3 rings (SSSR count). The van der Waals surface area contributed by atoms with Crippen molar-refractivity contribution in [2.24, 2.45) is 0 Å². The molecule has 1 aliphatic heterocycles. The van der Waals surface area contributed by atoms with E-state index in [9.17, 15) is 0 Å². The highest BCUT2D eigenvalue weighted by Gasteiger charge is 2.35. The first-order valence-electron chi connectivity index (χ1n) is 7.19. The number of fused-ring (bicyclic) bond motifs is 1. The Bertz CT molecular complexity index is 449. The molecule has 5 nitrogen and oxygen atoms in total. The first-order valence-corrected chi connectivity index (χ1v) is 7.19. The van der Waals surface area contributed by atoms with Gasteiger partial charge < -0.3 is 15.0 Å². The van der Waals surface area contributed by atoms with Gasteiger partial charge in [-0.25, -0.2) is 4.98 Å². The van der Waals surface area contributed by atoms with E-state index in [2.05, 4.69) is 27.1 Å². The molecule has 0 radical (unpaired) electrons. The number of aryl methyl sites for hydroxylation is 1. The van der Waals surface area contributed by atoms with E-state index in [4.69, 9.17) is 4.74 Å². The number of nitrogens with one attached hydrogen (secondary N) is 1. The molecule has 2 heterocycles. The van der Waals surface area contributed by atoms with E-state index in [0.29, 0.717) is 18.1 Å². The van der Waals surface area contributed by atoms with Gasteiger partial charge in [-0.3, -0.25) is 0 Å². The average Bonchev–Trinajstić information content (AvgIpc) is 2.47. The van der Waals surface area contributed by atoms with Crippen molar-refractivity contribution in [2.75, 3.05) is 30.4 Å². The Hall–Kier alpha value is -1.36. The standard InChI is InChI=1S/C14H22N4O/c1-10-9-16-14(15-2)17-13(10)18-7-8-19-12-6-4-3-5-11(12)18/h9,11-12H,3-8H2,1-2H3,(H,15,16,17). The molecule has 1 saturated heterocycles. The number of anilines is 2. The van der Waals surface area contributed by atoms with Crippen molar-refractivity contribution in [1.82, 2.24) is 9.97 Å². The fourth-order valence-electron chi connectivity index (χ4n) is 3.20. The molecule has 0 aromatic carbocycles. The number of rotatable bonds is 2. The van der Waals surface area contributed by atoms with Crippen LogP contribution in [0.5, 0.6) is 0 Å². The lowest BCUT2D eigenvalue weighted by atomic mass is 9.90. The molecular formula is C14H22N4O. The zero-order valence-corrected chi connectivity index (χ0v) is 11.7. The highest BCUT2D eigenvalue weighted by molar-refractivity contribution is 5.50. The summed E-state index contributed by atoms with van der Waals surface area (Å²) in [6.07, 6.45) is 7.27. The summed E-state index contributed by atoms with van der Waals surface area (Å²) in [6, 6.07) is 0.487. The maximum atomic E-state index is 5.93. The predicted octanol–water partition coefficient (Wildman–Crippen LogP) is 1.97. The molecule has 19 heavy (non-hydrogen) atoms. The Labute approximate surface area is 114 Å². The summed E-state index contributed by atoms with van der Waals surface area (Å²) in [5.41, 5.74) is 1.14. The number of hydrogen-bond acceptors (Lipinski definition) is 5. The largest absolute Gasteiger partial charge is 0.374 e. The highest BCUT2D eigenvalue weighted by Crippen LogP contribution is 2.32. The van der Waals surface area contributed by atoms with Crippen molar-refractivity contribution in [3.63, 3.8) is 0 Å². The van der Waals surface area contributed by atoms with Crippen molar-refractivity contribution >= 4 is 11.8 Å². The van der Waals surface area contributed by atoms with Crippen molar-refractivity contribution in [1.29, 1.82) is 0 Å². The van der Waals surface area contributed by atoms with Crippen molar-refractivity contribution in [3.05, 3.63) is 11.8 Å². The molecule has 2 aliphatic rings. The average molecular weight is 262 g/mol. The first-order chi connectivity index (χ1) is 9.29. The second-order valence-corrected chi connectivity index (χ2v) is 5.40. The molecule has 0 amide bonds. The monoisotopic (exact) mass is 262 g/mol. The second-order valence-electron chi connectivity index (χ2n) is 5.40. The molecule has 1 aliphatic carbocycles. The van der Waals surface area contributed by atoms with Crippen LogP contribution in [0.1, 0.15) is 31.2 Å². The molecule has 104 valence electrons. The molecule has 2 fully saturated rings. The van der Waals surface area contributed by atoms with Crippen LogP contribution >= 0.6 is 0 Å². The third-order valence-electron chi connectivity index (χ3n) is 4.17. The summed E-state index contributed by atoms with van der Waals surface area (Å²) in [5, 5.41) is 3.03. The van der Waals surface area contributed by atoms with Gasteiger partial charge in [0.05, 0.1) is 18.8 Å². The summed E-state index contributed by atoms with van der Waals surface area (Å²) < 4.78 is 5.93. The smallest absolute Gasteiger partial charge is 0.224 e. The van der Waals surface area contributed by atoms with E-state index in [0.717, 1.165) is 24.5 Å². The Kier molecular flexibility index (Phi) is 3.55. The van der Waals surface area contributed by atoms with Gasteiger partial charge in [-0.1, -0.05) is 12.8 Å². The molecule has 2 atom stereocenters. The number of morpholine rings is 1. The van der Waals surface area contributed by atoms with Gasteiger partial charge in [-0.05, 0) is 19.8 Å². The molecule has 1 aromatic heterocycles. The van der Waals surface area contributed by atoms with Crippen molar-refractivity contribution in [3.8, 4) is 0 Å². The van der Waals surface area contributed by atoms with Gasteiger partial charge in [0.25, 0.3) is 0 Å². The van der Waals surface area contributed by atoms with E-state index in [-0.39, 0.29) is 0 Å². The number of hydrogen-bond donors (Lipinski definition) is 1. The summed E-state index contributed by atoms with van der Waals surface area (Å²) >= 11 is 0. The quantitative estimate of drug-likeness (QED) is 0.883. The van der Waals surface area contributed by atoms with Crippen LogP contribution in [0.3, 0.4) is 0 Å². The van der Waals surface area contributed by atoms with Crippen LogP contribution in [-0.2, 0) is 4.74 Å². The van der Waals surface area contributed by atoms with Crippen molar-refractivity contribution < 1.29 is 4.74 Å². The third kappa shape index (κ3) is 2.39. The maximum absolute atomic E-state index is 5.93. The first kappa shape index (κ1) is 12.7. The molecule has 1 N–H and O–H groups in total. The summed E-state index contributed by atoms with van der Waals surface area (Å²) in [4.78, 5) is 11.4. The van der Waals surface area contributed by atoms with Gasteiger partial charge in [0, 0.05) is 25.4 Å². The van der Waals surface area contributed by atoms with Crippen LogP contribution in [0.2, 0.25) is 0 Å². The van der Waals surface area contributed by atoms with Crippen LogP contribution in [-0.4, -0.2) is 42.3 Å². The van der Waals surface area contributed by atoms with Gasteiger partial charge in [0.1, 0.15) is 5.82 Å². The SMILES string of the molecule is CNc1ncc(C)c(N2CCOC3CCCCC32)n1. The molecular weight excluding hydrogens is 240 g/mol. The van der Waals surface area contributed by atoms with Gasteiger partial charge in [-0.2, -0.15) is 4.98 Å². The van der Waals surface area contributed by atoms with E-state index < -0.39 is 0 Å². The Morgan fingerprint density at radius 2 is 2.21 bits per heavy atom. The third-order valence-corrected chi connectivity index (χ3v) is 4.17. The van der Waals surface area contributed by atoms with E-state index in [1.165, 1.54) is 25.7 Å². The summed E-state index contributed by atoms with van der Waals surface area (Å²) in [6.45, 7) is 3.82. The molecule has 2 unspecified atom stereocenters. The minimum absolute atomic E-state index is 0.384.